The molecule has 83 heavy (non-hydrogen) atoms. The van der Waals surface area contributed by atoms with Gasteiger partial charge in [0.05, 0.1) is 34.4 Å². The number of hydrogen-bond donors (Lipinski definition) is 1. The molecule has 0 radical (unpaired) electrons. The zero-order valence-electron chi connectivity index (χ0n) is 54.6. The number of unbranched alkanes of at least 4 members (excludes halogenated alkanes) is 32. The van der Waals surface area contributed by atoms with Gasteiger partial charge in [-0.1, -0.05) is 291 Å². The summed E-state index contributed by atoms with van der Waals surface area (Å²) in [7, 11) is 5.98. The summed E-state index contributed by atoms with van der Waals surface area (Å²) in [6.07, 6.45) is 85.1. The molecule has 0 aromatic carbocycles. The molecule has 0 spiro atoms. The summed E-state index contributed by atoms with van der Waals surface area (Å²) in [6, 6.07) is 0. The number of nitrogens with zero attached hydrogens (tertiary/aromatic N) is 1. The number of aliphatic carboxylic acids is 1. The molecule has 1 N–H and O–H groups in total. The second kappa shape index (κ2) is 64.2. The van der Waals surface area contributed by atoms with Crippen LogP contribution in [-0.4, -0.2) is 87.4 Å². The van der Waals surface area contributed by atoms with Gasteiger partial charge in [0.1, 0.15) is 13.2 Å². The van der Waals surface area contributed by atoms with E-state index in [2.05, 4.69) is 111 Å². The number of carbonyl (C=O) groups excluding carboxylic acids is 2. The van der Waals surface area contributed by atoms with Crippen molar-refractivity contribution in [2.45, 2.75) is 309 Å². The zero-order valence-corrected chi connectivity index (χ0v) is 54.6. The number of likely N-dealkylation sites (N-methyl/N-ethyl adjacent to an activating group) is 1. The van der Waals surface area contributed by atoms with E-state index >= 15 is 0 Å². The number of hydrogen-bond acceptors (Lipinski definition) is 7. The molecule has 2 unspecified atom stereocenters. The fourth-order valence-electron chi connectivity index (χ4n) is 9.65. The number of rotatable bonds is 63. The van der Waals surface area contributed by atoms with Crippen LogP contribution in [-0.2, 0) is 33.3 Å². The van der Waals surface area contributed by atoms with Crippen LogP contribution in [0.15, 0.2) is 97.2 Å². The van der Waals surface area contributed by atoms with Gasteiger partial charge in [-0.25, -0.2) is 4.79 Å². The predicted molar refractivity (Wildman–Crippen MR) is 355 cm³/mol. The second-order valence-electron chi connectivity index (χ2n) is 24.1. The molecular weight excluding hydrogens is 1030 g/mol. The molecule has 0 aliphatic carbocycles. The Morgan fingerprint density at radius 1 is 0.361 bits per heavy atom. The monoisotopic (exact) mass is 1160 g/mol. The third-order valence-corrected chi connectivity index (χ3v) is 14.8. The van der Waals surface area contributed by atoms with Crippen molar-refractivity contribution in [1.29, 1.82) is 0 Å². The molecule has 0 aromatic heterocycles. The highest BCUT2D eigenvalue weighted by atomic mass is 16.7. The van der Waals surface area contributed by atoms with Crippen molar-refractivity contribution in [1.82, 2.24) is 0 Å². The van der Waals surface area contributed by atoms with Gasteiger partial charge in [-0.15, -0.1) is 0 Å². The van der Waals surface area contributed by atoms with E-state index in [1.54, 1.807) is 0 Å². The van der Waals surface area contributed by atoms with Crippen molar-refractivity contribution < 1.29 is 42.9 Å². The Hall–Kier alpha value is -3.79. The van der Waals surface area contributed by atoms with E-state index in [4.69, 9.17) is 18.9 Å². The number of allylic oxidation sites excluding steroid dienone is 16. The van der Waals surface area contributed by atoms with Gasteiger partial charge in [0.15, 0.2) is 6.10 Å². The molecule has 0 saturated heterocycles. The van der Waals surface area contributed by atoms with Gasteiger partial charge in [0.2, 0.25) is 0 Å². The third kappa shape index (κ3) is 65.6. The van der Waals surface area contributed by atoms with Gasteiger partial charge in [0, 0.05) is 12.8 Å². The van der Waals surface area contributed by atoms with Crippen LogP contribution >= 0.6 is 0 Å². The first-order valence-electron chi connectivity index (χ1n) is 34.4. The molecule has 0 aliphatic rings. The van der Waals surface area contributed by atoms with E-state index in [1.165, 1.54) is 180 Å². The molecular formula is C74H130NO8+. The van der Waals surface area contributed by atoms with Gasteiger partial charge >= 0.3 is 17.9 Å². The predicted octanol–water partition coefficient (Wildman–Crippen LogP) is 21.2. The van der Waals surface area contributed by atoms with Crippen LogP contribution in [0.4, 0.5) is 0 Å². The fourth-order valence-corrected chi connectivity index (χ4v) is 9.65. The minimum atomic E-state index is -1.51. The summed E-state index contributed by atoms with van der Waals surface area (Å²) in [5, 5.41) is 9.75. The first-order chi connectivity index (χ1) is 40.6. The Balaban J connectivity index is 4.11. The zero-order chi connectivity index (χ0) is 60.5. The van der Waals surface area contributed by atoms with Crippen LogP contribution in [0.5, 0.6) is 0 Å². The van der Waals surface area contributed by atoms with Crippen molar-refractivity contribution >= 4 is 17.9 Å². The lowest BCUT2D eigenvalue weighted by Crippen LogP contribution is -2.40. The highest BCUT2D eigenvalue weighted by molar-refractivity contribution is 5.71. The Morgan fingerprint density at radius 2 is 0.651 bits per heavy atom. The lowest BCUT2D eigenvalue weighted by Gasteiger charge is -2.25. The molecule has 0 saturated carbocycles. The topological polar surface area (TPSA) is 108 Å². The summed E-state index contributed by atoms with van der Waals surface area (Å²) in [6.45, 7) is 4.68. The second-order valence-corrected chi connectivity index (χ2v) is 24.1. The summed E-state index contributed by atoms with van der Waals surface area (Å²) in [5.41, 5.74) is 0. The Kier molecular flexibility index (Phi) is 61.3. The maximum atomic E-state index is 12.9. The molecule has 0 aromatic rings. The van der Waals surface area contributed by atoms with Gasteiger partial charge in [-0.3, -0.25) is 9.59 Å². The average molecular weight is 1160 g/mol. The number of quaternary nitrogens is 1. The number of carboxylic acids is 1. The summed E-state index contributed by atoms with van der Waals surface area (Å²) < 4.78 is 23.0. The van der Waals surface area contributed by atoms with Crippen molar-refractivity contribution in [3.63, 3.8) is 0 Å². The minimum absolute atomic E-state index is 0.183. The molecule has 9 heteroatoms. The summed E-state index contributed by atoms with van der Waals surface area (Å²) >= 11 is 0. The first kappa shape index (κ1) is 79.2. The van der Waals surface area contributed by atoms with Crippen LogP contribution in [0.1, 0.15) is 296 Å². The molecule has 0 fully saturated rings. The summed E-state index contributed by atoms with van der Waals surface area (Å²) in [4.78, 5) is 37.6. The van der Waals surface area contributed by atoms with E-state index in [-0.39, 0.29) is 32.2 Å². The van der Waals surface area contributed by atoms with Crippen LogP contribution < -0.4 is 0 Å². The van der Waals surface area contributed by atoms with Crippen LogP contribution in [0.3, 0.4) is 0 Å². The normalized spacial score (nSPS) is 13.3. The molecule has 2 atom stereocenters. The maximum absolute atomic E-state index is 12.9. The molecule has 0 amide bonds. The number of esters is 2. The quantitative estimate of drug-likeness (QED) is 0.0211. The van der Waals surface area contributed by atoms with E-state index in [0.717, 1.165) is 89.9 Å². The van der Waals surface area contributed by atoms with Gasteiger partial charge in [-0.05, 0) is 89.9 Å². The first-order valence-corrected chi connectivity index (χ1v) is 34.4. The molecule has 478 valence electrons. The SMILES string of the molecule is CC/C=C\C/C=C\C/C=C\C/C=C\CCCCCCCCCCCCCCCCCCC(=O)OCC(COC(OCC[N+](C)(C)C)C(=O)O)OC(=O)CCCCCCCCCCCCCCCCCC/C=C\C/C=C\C/C=C\C/C=C\CC. The smallest absolute Gasteiger partial charge is 0.361 e. The van der Waals surface area contributed by atoms with Crippen molar-refractivity contribution in [2.24, 2.45) is 0 Å². The van der Waals surface area contributed by atoms with E-state index < -0.39 is 24.3 Å². The molecule has 0 aliphatic heterocycles. The molecule has 0 bridgehead atoms. The van der Waals surface area contributed by atoms with Crippen LogP contribution in [0.25, 0.3) is 0 Å². The largest absolute Gasteiger partial charge is 0.477 e. The van der Waals surface area contributed by atoms with Gasteiger partial charge in [-0.2, -0.15) is 0 Å². The van der Waals surface area contributed by atoms with Crippen molar-refractivity contribution in [3.8, 4) is 0 Å². The van der Waals surface area contributed by atoms with E-state index in [1.807, 2.05) is 21.1 Å². The number of carboxylic acid groups (broad SMARTS) is 1. The number of carbonyl (C=O) groups is 3. The minimum Gasteiger partial charge on any atom is -0.477 e. The van der Waals surface area contributed by atoms with E-state index in [0.29, 0.717) is 17.4 Å². The Labute approximate surface area is 512 Å². The van der Waals surface area contributed by atoms with Gasteiger partial charge < -0.3 is 28.5 Å². The molecule has 0 rings (SSSR count). The highest BCUT2D eigenvalue weighted by Gasteiger charge is 2.25. The number of ether oxygens (including phenoxy) is 4. The van der Waals surface area contributed by atoms with E-state index in [9.17, 15) is 19.5 Å². The molecule has 0 heterocycles. The fraction of sp³-hybridized carbons (Fsp3) is 0.743. The van der Waals surface area contributed by atoms with Crippen LogP contribution in [0, 0.1) is 0 Å². The lowest BCUT2D eigenvalue weighted by atomic mass is 10.0. The Morgan fingerprint density at radius 3 is 0.964 bits per heavy atom. The molecule has 9 nitrogen and oxygen atoms in total. The van der Waals surface area contributed by atoms with Crippen molar-refractivity contribution in [2.75, 3.05) is 47.5 Å². The summed E-state index contributed by atoms with van der Waals surface area (Å²) in [5.74, 6) is -1.99. The van der Waals surface area contributed by atoms with Crippen molar-refractivity contribution in [3.05, 3.63) is 97.2 Å². The standard InChI is InChI=1S/C74H129NO8/c1-6-8-10-12-14-16-18-20-22-24-26-28-30-32-34-36-38-40-42-44-46-48-50-52-54-56-58-60-62-64-71(76)81-68-70(69-82-74(73(78)79)80-67-66-75(3,4)5)83-72(77)65-63-61-59-57-55-53-51-49-47-45-43-41-39-37-35-33-31-29-27-25-23-21-19-17-15-13-11-9-7-2/h8-11,14-17,20-23,26-29,70,74H,6-7,12-13,18-19,24-25,30-69H2,1-5H3/p+1/b10-8-,11-9-,16-14-,17-15-,22-20-,23-21-,28-26-,29-27-. The Bertz CT molecular complexity index is 1680. The highest BCUT2D eigenvalue weighted by Crippen LogP contribution is 2.18. The maximum Gasteiger partial charge on any atom is 0.361 e. The average Bonchev–Trinajstić information content (AvgIpc) is 3.47. The van der Waals surface area contributed by atoms with Crippen LogP contribution in [0.2, 0.25) is 0 Å². The lowest BCUT2D eigenvalue weighted by molar-refractivity contribution is -0.870. The van der Waals surface area contributed by atoms with Gasteiger partial charge in [0.25, 0.3) is 6.29 Å². The third-order valence-electron chi connectivity index (χ3n) is 14.8.